The van der Waals surface area contributed by atoms with E-state index < -0.39 is 5.97 Å². The number of carboxylic acid groups (broad SMARTS) is 1. The second-order valence-electron chi connectivity index (χ2n) is 15.3. The first-order valence-electron chi connectivity index (χ1n) is 19.6. The van der Waals surface area contributed by atoms with Gasteiger partial charge in [0.05, 0.1) is 20.1 Å². The lowest BCUT2D eigenvalue weighted by molar-refractivity contribution is -0.143. The van der Waals surface area contributed by atoms with Crippen molar-refractivity contribution in [3.05, 3.63) is 92.0 Å². The van der Waals surface area contributed by atoms with E-state index in [0.717, 1.165) is 69.7 Å². The van der Waals surface area contributed by atoms with Crippen LogP contribution in [0, 0.1) is 25.7 Å². The first-order chi connectivity index (χ1) is 27.0. The fourth-order valence-electron chi connectivity index (χ4n) is 8.08. The van der Waals surface area contributed by atoms with Crippen molar-refractivity contribution in [1.29, 1.82) is 0 Å². The average molecular weight is 806 g/mol. The first kappa shape index (κ1) is 41.5. The lowest BCUT2D eigenvalue weighted by Gasteiger charge is -2.27. The number of aliphatic carboxylic acids is 1. The molecule has 0 radical (unpaired) electrons. The van der Waals surface area contributed by atoms with Gasteiger partial charge in [0.1, 0.15) is 23.3 Å². The van der Waals surface area contributed by atoms with Gasteiger partial charge in [-0.05, 0) is 97.4 Å². The van der Waals surface area contributed by atoms with Crippen LogP contribution in [-0.2, 0) is 31.1 Å². The van der Waals surface area contributed by atoms with E-state index in [1.54, 1.807) is 20.3 Å². The Morgan fingerprint density at radius 1 is 0.714 bits per heavy atom. The molecule has 6 rings (SSSR count). The molecule has 0 aliphatic heterocycles. The minimum Gasteiger partial charge on any atom is -0.481 e. The van der Waals surface area contributed by atoms with Gasteiger partial charge in [0.2, 0.25) is 23.5 Å². The minimum absolute atomic E-state index is 0.107. The lowest BCUT2D eigenvalue weighted by Crippen LogP contribution is -2.36. The number of carbonyl (C=O) groups is 1. The summed E-state index contributed by atoms with van der Waals surface area (Å²) < 4.78 is 23.7. The molecule has 0 saturated heterocycles. The summed E-state index contributed by atoms with van der Waals surface area (Å²) in [5.74, 6) is 1.23. The number of rotatable bonds is 16. The molecule has 56 heavy (non-hydrogen) atoms. The number of carboxylic acids is 1. The minimum atomic E-state index is -0.732. The Kier molecular flexibility index (Phi) is 14.4. The van der Waals surface area contributed by atoms with Crippen molar-refractivity contribution >= 4 is 29.2 Å². The molecular formula is C44H54Cl2N4O6. The topological polar surface area (TPSA) is 124 Å². The predicted molar refractivity (Wildman–Crippen MR) is 220 cm³/mol. The van der Waals surface area contributed by atoms with Crippen molar-refractivity contribution in [1.82, 2.24) is 20.6 Å². The van der Waals surface area contributed by atoms with Crippen LogP contribution in [0.25, 0.3) is 11.1 Å². The third-order valence-corrected chi connectivity index (χ3v) is 11.9. The molecule has 2 saturated carbocycles. The van der Waals surface area contributed by atoms with Crippen molar-refractivity contribution in [2.24, 2.45) is 11.8 Å². The third kappa shape index (κ3) is 10.3. The summed E-state index contributed by atoms with van der Waals surface area (Å²) in [6.07, 6.45) is 8.04. The van der Waals surface area contributed by atoms with Gasteiger partial charge in [0.15, 0.2) is 0 Å². The molecule has 2 aromatic carbocycles. The summed E-state index contributed by atoms with van der Waals surface area (Å²) in [6, 6.07) is 16.7. The van der Waals surface area contributed by atoms with Crippen LogP contribution in [0.2, 0.25) is 10.0 Å². The Labute approximate surface area is 340 Å². The van der Waals surface area contributed by atoms with E-state index in [1.807, 2.05) is 24.3 Å². The van der Waals surface area contributed by atoms with Gasteiger partial charge in [-0.1, -0.05) is 85.8 Å². The van der Waals surface area contributed by atoms with Crippen LogP contribution < -0.4 is 29.6 Å². The number of hydrogen-bond acceptors (Lipinski definition) is 9. The number of ether oxygens (including phenoxy) is 4. The van der Waals surface area contributed by atoms with Crippen LogP contribution in [0.5, 0.6) is 23.5 Å². The smallest absolute Gasteiger partial charge is 0.306 e. The second kappa shape index (κ2) is 19.4. The highest BCUT2D eigenvalue weighted by Gasteiger charge is 2.27. The quantitative estimate of drug-likeness (QED) is 0.101. The molecule has 0 bridgehead atoms. The number of methoxy groups -OCH3 is 2. The van der Waals surface area contributed by atoms with Crippen LogP contribution in [0.4, 0.5) is 0 Å². The maximum Gasteiger partial charge on any atom is 0.306 e. The molecule has 4 unspecified atom stereocenters. The molecule has 4 aromatic rings. The maximum atomic E-state index is 11.5. The molecule has 2 heterocycles. The molecule has 300 valence electrons. The number of pyridine rings is 2. The zero-order chi connectivity index (χ0) is 39.8. The van der Waals surface area contributed by atoms with E-state index in [9.17, 15) is 9.90 Å². The lowest BCUT2D eigenvalue weighted by atomic mass is 9.86. The highest BCUT2D eigenvalue weighted by Crippen LogP contribution is 2.35. The molecule has 2 fully saturated rings. The molecule has 4 atom stereocenters. The molecule has 3 N–H and O–H groups in total. The second-order valence-corrected chi connectivity index (χ2v) is 16.1. The number of hydrogen-bond donors (Lipinski definition) is 3. The van der Waals surface area contributed by atoms with Crippen molar-refractivity contribution in [3.8, 4) is 34.6 Å². The Morgan fingerprint density at radius 3 is 1.66 bits per heavy atom. The zero-order valence-electron chi connectivity index (χ0n) is 33.1. The van der Waals surface area contributed by atoms with Crippen molar-refractivity contribution in [2.75, 3.05) is 14.2 Å². The number of nitrogens with zero attached hydrogens (tertiary/aromatic N) is 2. The maximum absolute atomic E-state index is 11.5. The van der Waals surface area contributed by atoms with Crippen LogP contribution >= 0.6 is 23.2 Å². The van der Waals surface area contributed by atoms with Crippen LogP contribution in [0.1, 0.15) is 91.7 Å². The van der Waals surface area contributed by atoms with Gasteiger partial charge in [-0.2, -0.15) is 9.97 Å². The molecule has 2 aliphatic rings. The fraction of sp³-hybridized carbons (Fsp3) is 0.477. The van der Waals surface area contributed by atoms with Crippen LogP contribution in [-0.4, -0.2) is 47.3 Å². The van der Waals surface area contributed by atoms with Crippen molar-refractivity contribution in [2.45, 2.75) is 111 Å². The van der Waals surface area contributed by atoms with E-state index in [0.29, 0.717) is 53.2 Å². The number of aromatic nitrogens is 2. The van der Waals surface area contributed by atoms with Crippen LogP contribution in [0.3, 0.4) is 0 Å². The van der Waals surface area contributed by atoms with Gasteiger partial charge >= 0.3 is 5.97 Å². The Hall–Kier alpha value is -4.09. The zero-order valence-corrected chi connectivity index (χ0v) is 34.6. The Balaban J connectivity index is 1.10. The monoisotopic (exact) mass is 804 g/mol. The molecular weight excluding hydrogens is 751 g/mol. The molecule has 12 heteroatoms. The van der Waals surface area contributed by atoms with Gasteiger partial charge in [0.25, 0.3) is 0 Å². The number of benzene rings is 2. The van der Waals surface area contributed by atoms with Crippen LogP contribution in [0.15, 0.2) is 48.5 Å². The normalized spacial score (nSPS) is 19.7. The van der Waals surface area contributed by atoms with E-state index in [1.165, 1.54) is 25.7 Å². The highest BCUT2D eigenvalue weighted by atomic mass is 35.5. The first-order valence-corrected chi connectivity index (χ1v) is 20.4. The highest BCUT2D eigenvalue weighted by molar-refractivity contribution is 6.32. The van der Waals surface area contributed by atoms with E-state index >= 15 is 0 Å². The summed E-state index contributed by atoms with van der Waals surface area (Å²) in [7, 11) is 3.19. The summed E-state index contributed by atoms with van der Waals surface area (Å²) in [6.45, 7) is 8.14. The van der Waals surface area contributed by atoms with Crippen molar-refractivity contribution in [3.63, 3.8) is 0 Å². The van der Waals surface area contributed by atoms with Gasteiger partial charge in [-0.25, -0.2) is 0 Å². The molecule has 10 nitrogen and oxygen atoms in total. The molecule has 2 aliphatic carbocycles. The molecule has 2 aromatic heterocycles. The van der Waals surface area contributed by atoms with E-state index in [2.05, 4.69) is 59.6 Å². The largest absolute Gasteiger partial charge is 0.481 e. The summed E-state index contributed by atoms with van der Waals surface area (Å²) in [4.78, 5) is 20.8. The van der Waals surface area contributed by atoms with Gasteiger partial charge < -0.3 is 34.7 Å². The van der Waals surface area contributed by atoms with Crippen molar-refractivity contribution < 1.29 is 28.8 Å². The van der Waals surface area contributed by atoms with E-state index in [4.69, 9.17) is 42.1 Å². The molecule has 0 amide bonds. The molecule has 0 spiro atoms. The fourth-order valence-corrected chi connectivity index (χ4v) is 8.54. The summed E-state index contributed by atoms with van der Waals surface area (Å²) >= 11 is 13.4. The Morgan fingerprint density at radius 2 is 1.20 bits per heavy atom. The van der Waals surface area contributed by atoms with Gasteiger partial charge in [-0.3, -0.25) is 4.79 Å². The SMILES string of the molecule is COc1nc(OCc2cccc(-c3cccc(COc4nc(OC)c(CNC5CCCC(C(=O)O)C5)cc4Cl)c3C)c2C)c(Cl)cc1CNC1CCCC(C)C1. The van der Waals surface area contributed by atoms with E-state index in [-0.39, 0.29) is 31.1 Å². The third-order valence-electron chi connectivity index (χ3n) is 11.4. The van der Waals surface area contributed by atoms with Gasteiger partial charge in [0, 0.05) is 36.3 Å². The average Bonchev–Trinajstić information content (AvgIpc) is 3.19. The summed E-state index contributed by atoms with van der Waals surface area (Å²) in [5.41, 5.74) is 8.03. The predicted octanol–water partition coefficient (Wildman–Crippen LogP) is 9.64. The van der Waals surface area contributed by atoms with Gasteiger partial charge in [-0.15, -0.1) is 0 Å². The number of nitrogens with one attached hydrogen (secondary N) is 2. The summed E-state index contributed by atoms with van der Waals surface area (Å²) in [5, 5.41) is 17.4. The Bertz CT molecular complexity index is 1990. The standard InChI is InChI=1S/C44H54Cl2N4O6/c1-26-10-6-14-34(18-26)47-22-32-20-38(45)42(49-40(32)53-4)55-24-30-12-8-16-36(27(30)2)37-17-9-13-31(28(37)3)25-56-43-39(46)21-33(41(50-43)54-5)23-48-35-15-7-11-29(19-35)44(51)52/h8-9,12-13,16-17,20-21,26,29,34-35,47-48H,6-7,10-11,14-15,18-19,22-25H2,1-5H3,(H,51,52). The number of halogens is 2.